The fourth-order valence-corrected chi connectivity index (χ4v) is 2.75. The van der Waals surface area contributed by atoms with Gasteiger partial charge in [-0.25, -0.2) is 5.43 Å². The average Bonchev–Trinajstić information content (AvgIpc) is 2.65. The van der Waals surface area contributed by atoms with E-state index < -0.39 is 0 Å². The molecule has 0 bridgehead atoms. The van der Waals surface area contributed by atoms with Crippen molar-refractivity contribution in [2.45, 2.75) is 39.5 Å². The lowest BCUT2D eigenvalue weighted by atomic mass is 9.87. The summed E-state index contributed by atoms with van der Waals surface area (Å²) in [5.41, 5.74) is 5.07. The van der Waals surface area contributed by atoms with Crippen molar-refractivity contribution in [3.05, 3.63) is 58.6 Å². The summed E-state index contributed by atoms with van der Waals surface area (Å²) in [5, 5.41) is 7.23. The van der Waals surface area contributed by atoms with Gasteiger partial charge < -0.3 is 10.1 Å². The van der Waals surface area contributed by atoms with Crippen molar-refractivity contribution in [1.29, 1.82) is 0 Å². The molecule has 2 aromatic rings. The summed E-state index contributed by atoms with van der Waals surface area (Å²) in [6, 6.07) is 12.3. The van der Waals surface area contributed by atoms with Crippen molar-refractivity contribution in [3.63, 3.8) is 0 Å². The van der Waals surface area contributed by atoms with Crippen LogP contribution in [-0.2, 0) is 10.2 Å². The van der Waals surface area contributed by atoms with Gasteiger partial charge in [0.15, 0.2) is 0 Å². The average molecular weight is 416 g/mol. The van der Waals surface area contributed by atoms with Crippen LogP contribution < -0.4 is 15.5 Å². The van der Waals surface area contributed by atoms with Gasteiger partial charge in [0.2, 0.25) is 5.91 Å². The third-order valence-electron chi connectivity index (χ3n) is 4.21. The van der Waals surface area contributed by atoms with Crippen molar-refractivity contribution in [2.24, 2.45) is 5.10 Å². The quantitative estimate of drug-likeness (QED) is 0.526. The van der Waals surface area contributed by atoms with E-state index in [1.807, 2.05) is 12.1 Å². The summed E-state index contributed by atoms with van der Waals surface area (Å²) in [6.45, 7) is 8.00. The molecule has 0 atom stereocenters. The molecule has 154 valence electrons. The number of anilines is 1. The van der Waals surface area contributed by atoms with Gasteiger partial charge in [0.1, 0.15) is 5.75 Å². The second-order valence-electron chi connectivity index (χ2n) is 7.68. The number of carbonyl (C=O) groups is 2. The Morgan fingerprint density at radius 1 is 1.10 bits per heavy atom. The molecule has 0 aliphatic carbocycles. The molecule has 0 heterocycles. The molecule has 0 radical (unpaired) electrons. The molecule has 6 nitrogen and oxygen atoms in total. The van der Waals surface area contributed by atoms with E-state index in [0.29, 0.717) is 27.7 Å². The minimum Gasteiger partial charge on any atom is -0.495 e. The molecule has 0 fully saturated rings. The molecule has 2 rings (SSSR count). The summed E-state index contributed by atoms with van der Waals surface area (Å²) in [7, 11) is 1.51. The van der Waals surface area contributed by atoms with Crippen LogP contribution in [0, 0.1) is 0 Å². The van der Waals surface area contributed by atoms with Crippen molar-refractivity contribution >= 4 is 34.8 Å². The van der Waals surface area contributed by atoms with Crippen LogP contribution in [0.15, 0.2) is 47.6 Å². The predicted molar refractivity (Wildman–Crippen MR) is 117 cm³/mol. The molecule has 0 saturated heterocycles. The van der Waals surface area contributed by atoms with E-state index in [9.17, 15) is 9.59 Å². The number of nitrogens with one attached hydrogen (secondary N) is 2. The lowest BCUT2D eigenvalue weighted by molar-refractivity contribution is -0.115. The number of halogens is 1. The van der Waals surface area contributed by atoms with Gasteiger partial charge in [0, 0.05) is 16.3 Å². The number of methoxy groups -OCH3 is 1. The maximum atomic E-state index is 12.3. The number of hydrazone groups is 1. The van der Waals surface area contributed by atoms with Crippen molar-refractivity contribution < 1.29 is 14.3 Å². The number of nitrogens with zero attached hydrogens (tertiary/aromatic N) is 1. The molecular formula is C22H26ClN3O3. The van der Waals surface area contributed by atoms with Crippen LogP contribution in [-0.4, -0.2) is 24.6 Å². The zero-order valence-corrected chi connectivity index (χ0v) is 18.1. The molecule has 0 unspecified atom stereocenters. The molecule has 0 spiro atoms. The highest BCUT2D eigenvalue weighted by atomic mass is 35.5. The lowest BCUT2D eigenvalue weighted by Gasteiger charge is -2.18. The predicted octanol–water partition coefficient (Wildman–Crippen LogP) is 4.78. The van der Waals surface area contributed by atoms with Crippen molar-refractivity contribution in [1.82, 2.24) is 5.43 Å². The van der Waals surface area contributed by atoms with E-state index in [4.69, 9.17) is 16.3 Å². The molecule has 0 aromatic heterocycles. The fraction of sp³-hybridized carbons (Fsp3) is 0.318. The first kappa shape index (κ1) is 22.4. The first-order valence-corrected chi connectivity index (χ1v) is 9.55. The van der Waals surface area contributed by atoms with Gasteiger partial charge in [0.25, 0.3) is 5.91 Å². The van der Waals surface area contributed by atoms with Gasteiger partial charge in [-0.3, -0.25) is 9.59 Å². The number of carbonyl (C=O) groups excluding carboxylic acids is 2. The summed E-state index contributed by atoms with van der Waals surface area (Å²) in [6.07, 6.45) is 0.0128. The van der Waals surface area contributed by atoms with E-state index in [-0.39, 0.29) is 23.7 Å². The van der Waals surface area contributed by atoms with E-state index in [0.717, 1.165) is 5.56 Å². The molecule has 0 aliphatic heterocycles. The van der Waals surface area contributed by atoms with Crippen LogP contribution >= 0.6 is 11.6 Å². The Bertz CT molecular complexity index is 916. The van der Waals surface area contributed by atoms with E-state index in [2.05, 4.69) is 36.6 Å². The molecule has 7 heteroatoms. The second kappa shape index (κ2) is 9.56. The monoisotopic (exact) mass is 415 g/mol. The molecule has 2 N–H and O–H groups in total. The first-order valence-electron chi connectivity index (χ1n) is 9.17. The summed E-state index contributed by atoms with van der Waals surface area (Å²) >= 11 is 5.96. The summed E-state index contributed by atoms with van der Waals surface area (Å²) in [4.78, 5) is 24.5. The van der Waals surface area contributed by atoms with Crippen LogP contribution in [0.2, 0.25) is 5.02 Å². The largest absolute Gasteiger partial charge is 0.495 e. The highest BCUT2D eigenvalue weighted by Gasteiger charge is 2.14. The highest BCUT2D eigenvalue weighted by Crippen LogP contribution is 2.27. The van der Waals surface area contributed by atoms with Gasteiger partial charge in [-0.1, -0.05) is 44.5 Å². The summed E-state index contributed by atoms with van der Waals surface area (Å²) < 4.78 is 5.20. The maximum absolute atomic E-state index is 12.3. The minimum absolute atomic E-state index is 0.0128. The van der Waals surface area contributed by atoms with Crippen LogP contribution in [0.25, 0.3) is 0 Å². The Hall–Kier alpha value is -2.86. The Morgan fingerprint density at radius 3 is 2.34 bits per heavy atom. The lowest BCUT2D eigenvalue weighted by Crippen LogP contribution is -2.22. The smallest absolute Gasteiger partial charge is 0.271 e. The third kappa shape index (κ3) is 6.61. The van der Waals surface area contributed by atoms with Gasteiger partial charge in [-0.05, 0) is 48.2 Å². The number of rotatable bonds is 6. The van der Waals surface area contributed by atoms with Crippen molar-refractivity contribution in [2.75, 3.05) is 12.4 Å². The van der Waals surface area contributed by atoms with E-state index in [1.54, 1.807) is 37.3 Å². The Morgan fingerprint density at radius 2 is 1.76 bits per heavy atom. The Balaban J connectivity index is 1.95. The van der Waals surface area contributed by atoms with Crippen LogP contribution in [0.1, 0.15) is 50.0 Å². The standard InChI is InChI=1S/C22H26ClN3O3/c1-14(12-20(27)24-18-13-17(23)10-11-19(18)29-5)25-26-21(28)15-6-8-16(9-7-15)22(2,3)4/h6-11,13H,12H2,1-5H3,(H,24,27)(H,26,28)/b25-14+. The number of amides is 2. The Kier molecular flexibility index (Phi) is 7.40. The molecule has 0 saturated carbocycles. The van der Waals surface area contributed by atoms with Gasteiger partial charge in [-0.2, -0.15) is 5.10 Å². The van der Waals surface area contributed by atoms with Crippen LogP contribution in [0.4, 0.5) is 5.69 Å². The zero-order valence-electron chi connectivity index (χ0n) is 17.3. The van der Waals surface area contributed by atoms with Crippen molar-refractivity contribution in [3.8, 4) is 5.75 Å². The highest BCUT2D eigenvalue weighted by molar-refractivity contribution is 6.31. The van der Waals surface area contributed by atoms with Crippen LogP contribution in [0.5, 0.6) is 5.75 Å². The topological polar surface area (TPSA) is 79.8 Å². The van der Waals surface area contributed by atoms with Crippen LogP contribution in [0.3, 0.4) is 0 Å². The van der Waals surface area contributed by atoms with E-state index >= 15 is 0 Å². The van der Waals surface area contributed by atoms with Gasteiger partial charge >= 0.3 is 0 Å². The molecular weight excluding hydrogens is 390 g/mol. The molecule has 0 aliphatic rings. The molecule has 2 amide bonds. The maximum Gasteiger partial charge on any atom is 0.271 e. The van der Waals surface area contributed by atoms with Gasteiger partial charge in [0.05, 0.1) is 19.2 Å². The van der Waals surface area contributed by atoms with Gasteiger partial charge in [-0.15, -0.1) is 0 Å². The second-order valence-corrected chi connectivity index (χ2v) is 8.12. The Labute approximate surface area is 176 Å². The summed E-state index contributed by atoms with van der Waals surface area (Å²) in [5.74, 6) is -0.123. The number of hydrogen-bond donors (Lipinski definition) is 2. The number of hydrogen-bond acceptors (Lipinski definition) is 4. The SMILES string of the molecule is COc1ccc(Cl)cc1NC(=O)C/C(C)=N/NC(=O)c1ccc(C(C)(C)C)cc1. The zero-order chi connectivity index (χ0) is 21.6. The number of ether oxygens (including phenoxy) is 1. The molecule has 2 aromatic carbocycles. The molecule has 29 heavy (non-hydrogen) atoms. The first-order chi connectivity index (χ1) is 13.6. The van der Waals surface area contributed by atoms with E-state index in [1.165, 1.54) is 7.11 Å². The fourth-order valence-electron chi connectivity index (χ4n) is 2.58. The third-order valence-corrected chi connectivity index (χ3v) is 4.45. The normalized spacial score (nSPS) is 11.7. The number of benzene rings is 2. The minimum atomic E-state index is -0.332.